The van der Waals surface area contributed by atoms with E-state index < -0.39 is 0 Å². The van der Waals surface area contributed by atoms with Gasteiger partial charge in [-0.3, -0.25) is 0 Å². The van der Waals surface area contributed by atoms with Crippen molar-refractivity contribution in [1.29, 1.82) is 0 Å². The standard InChI is InChI=1S/C13H10.2C6H5.3W/c1-3-7-12(8-4-1)11-13-9-5-2-6-10-13;2*1-2-4-6-5-3-1;;;/h3-10H,11H2;2*1-5H;;;/q-2;2*-1;;2*+2. The Labute approximate surface area is 212 Å². The van der Waals surface area contributed by atoms with Gasteiger partial charge in [0.2, 0.25) is 0 Å². The van der Waals surface area contributed by atoms with Crippen LogP contribution in [0, 0.1) is 24.3 Å². The maximum absolute atomic E-state index is 3.01. The van der Waals surface area contributed by atoms with Crippen LogP contribution in [0.15, 0.2) is 109 Å². The van der Waals surface area contributed by atoms with Crippen molar-refractivity contribution < 1.29 is 63.2 Å². The van der Waals surface area contributed by atoms with Crippen molar-refractivity contribution in [2.75, 3.05) is 0 Å². The molecule has 4 aromatic carbocycles. The van der Waals surface area contributed by atoms with Gasteiger partial charge < -0.3 is 0 Å². The molecular formula is C25H20W3. The average Bonchev–Trinajstić information content (AvgIpc) is 2.73. The third-order valence-electron chi connectivity index (χ3n) is 3.20. The summed E-state index contributed by atoms with van der Waals surface area (Å²) in [5.41, 5.74) is 2.65. The van der Waals surface area contributed by atoms with E-state index >= 15 is 0 Å². The van der Waals surface area contributed by atoms with Crippen molar-refractivity contribution >= 4 is 0 Å². The molecule has 0 fully saturated rings. The molecule has 3 heteroatoms. The fraction of sp³-hybridized carbons (Fsp3) is 0.0400. The van der Waals surface area contributed by atoms with Crippen LogP contribution < -0.4 is 0 Å². The van der Waals surface area contributed by atoms with Crippen molar-refractivity contribution in [3.63, 3.8) is 0 Å². The van der Waals surface area contributed by atoms with Crippen LogP contribution in [-0.4, -0.2) is 0 Å². The van der Waals surface area contributed by atoms with Crippen LogP contribution in [0.5, 0.6) is 0 Å². The molecule has 0 spiro atoms. The molecule has 28 heavy (non-hydrogen) atoms. The molecule has 0 heterocycles. The Balaban J connectivity index is 0. The molecule has 0 N–H and O–H groups in total. The molecule has 0 bridgehead atoms. The van der Waals surface area contributed by atoms with E-state index in [4.69, 9.17) is 0 Å². The predicted molar refractivity (Wildman–Crippen MR) is 104 cm³/mol. The topological polar surface area (TPSA) is 0 Å². The number of benzene rings is 4. The molecule has 0 aliphatic heterocycles. The summed E-state index contributed by atoms with van der Waals surface area (Å²) in [6.45, 7) is 0. The van der Waals surface area contributed by atoms with Crippen molar-refractivity contribution in [2.45, 2.75) is 6.42 Å². The monoisotopic (exact) mass is 872 g/mol. The summed E-state index contributed by atoms with van der Waals surface area (Å²) in [5, 5.41) is 0. The van der Waals surface area contributed by atoms with Crippen LogP contribution >= 0.6 is 0 Å². The zero-order valence-corrected chi connectivity index (χ0v) is 24.1. The minimum atomic E-state index is 0. The Morgan fingerprint density at radius 3 is 0.929 bits per heavy atom. The third-order valence-corrected chi connectivity index (χ3v) is 3.20. The maximum Gasteiger partial charge on any atom is 2.00 e. The Bertz CT molecular complexity index is 639. The van der Waals surface area contributed by atoms with Gasteiger partial charge in [0.05, 0.1) is 0 Å². The molecule has 0 unspecified atom stereocenters. The van der Waals surface area contributed by atoms with E-state index in [0.717, 1.165) is 6.42 Å². The molecule has 4 aromatic rings. The Morgan fingerprint density at radius 2 is 0.714 bits per heavy atom. The van der Waals surface area contributed by atoms with Crippen LogP contribution in [0.4, 0.5) is 0 Å². The first-order chi connectivity index (χ1) is 12.4. The van der Waals surface area contributed by atoms with Crippen LogP contribution in [0.1, 0.15) is 11.1 Å². The Kier molecular flexibility index (Phi) is 21.5. The molecule has 0 saturated heterocycles. The first kappa shape index (κ1) is 29.1. The summed E-state index contributed by atoms with van der Waals surface area (Å²) >= 11 is 0. The average molecular weight is 872 g/mol. The minimum absolute atomic E-state index is 0. The van der Waals surface area contributed by atoms with Gasteiger partial charge in [-0.15, -0.1) is 0 Å². The first-order valence-electron chi connectivity index (χ1n) is 8.17. The molecule has 0 amide bonds. The van der Waals surface area contributed by atoms with Gasteiger partial charge in [0.1, 0.15) is 0 Å². The van der Waals surface area contributed by atoms with Crippen LogP contribution in [0.25, 0.3) is 0 Å². The second kappa shape index (κ2) is 20.7. The molecule has 0 aromatic heterocycles. The smallest absolute Gasteiger partial charge is 0.184 e. The molecule has 0 aliphatic carbocycles. The Hall–Kier alpha value is -1.06. The molecule has 138 valence electrons. The summed E-state index contributed by atoms with van der Waals surface area (Å²) < 4.78 is 0. The van der Waals surface area contributed by atoms with Crippen molar-refractivity contribution in [3.05, 3.63) is 145 Å². The second-order valence-corrected chi connectivity index (χ2v) is 5.15. The van der Waals surface area contributed by atoms with E-state index in [1.807, 2.05) is 84.9 Å². The maximum atomic E-state index is 3.01. The van der Waals surface area contributed by atoms with Gasteiger partial charge in [-0.1, -0.05) is 0 Å². The molecule has 0 radical (unpaired) electrons. The van der Waals surface area contributed by atoms with Crippen molar-refractivity contribution in [1.82, 2.24) is 0 Å². The van der Waals surface area contributed by atoms with Gasteiger partial charge in [0, 0.05) is 21.1 Å². The zero-order valence-electron chi connectivity index (χ0n) is 15.3. The fourth-order valence-corrected chi connectivity index (χ4v) is 2.00. The van der Waals surface area contributed by atoms with Crippen molar-refractivity contribution in [3.8, 4) is 0 Å². The molecule has 0 nitrogen and oxygen atoms in total. The minimum Gasteiger partial charge on any atom is -0.184 e. The summed E-state index contributed by atoms with van der Waals surface area (Å²) in [6.07, 6.45) is 0.989. The summed E-state index contributed by atoms with van der Waals surface area (Å²) in [4.78, 5) is 0. The largest absolute Gasteiger partial charge is 2.00 e. The van der Waals surface area contributed by atoms with Crippen LogP contribution in [-0.2, 0) is 69.6 Å². The molecular weight excluding hydrogens is 852 g/mol. The molecule has 0 saturated carbocycles. The van der Waals surface area contributed by atoms with Gasteiger partial charge in [0.25, 0.3) is 0 Å². The van der Waals surface area contributed by atoms with Gasteiger partial charge in [-0.05, 0) is 6.42 Å². The fourth-order valence-electron chi connectivity index (χ4n) is 2.00. The third kappa shape index (κ3) is 14.9. The SMILES string of the molecule is [W+2].[W+2].[W].[c-]1ccc(Cc2cc[c-]cc2)cc1.[c-]1ccccc1.[c-]1ccccc1. The van der Waals surface area contributed by atoms with E-state index in [0.29, 0.717) is 0 Å². The second-order valence-electron chi connectivity index (χ2n) is 5.15. The number of rotatable bonds is 2. The van der Waals surface area contributed by atoms with Crippen molar-refractivity contribution in [2.24, 2.45) is 0 Å². The molecule has 4 rings (SSSR count). The van der Waals surface area contributed by atoms with Crippen LogP contribution in [0.3, 0.4) is 0 Å². The van der Waals surface area contributed by atoms with Crippen LogP contribution in [0.2, 0.25) is 0 Å². The predicted octanol–water partition coefficient (Wildman–Crippen LogP) is 5.84. The number of hydrogen-bond acceptors (Lipinski definition) is 0. The molecule has 0 aliphatic rings. The first-order valence-corrected chi connectivity index (χ1v) is 8.17. The van der Waals surface area contributed by atoms with Gasteiger partial charge >= 0.3 is 42.1 Å². The van der Waals surface area contributed by atoms with Gasteiger partial charge in [0.15, 0.2) is 0 Å². The summed E-state index contributed by atoms with van der Waals surface area (Å²) in [5.74, 6) is 0. The van der Waals surface area contributed by atoms with E-state index in [1.165, 1.54) is 11.1 Å². The van der Waals surface area contributed by atoms with E-state index in [2.05, 4.69) is 48.5 Å². The van der Waals surface area contributed by atoms with E-state index in [-0.39, 0.29) is 63.2 Å². The Morgan fingerprint density at radius 1 is 0.429 bits per heavy atom. The summed E-state index contributed by atoms with van der Waals surface area (Å²) in [7, 11) is 0. The molecule has 0 atom stereocenters. The summed E-state index contributed by atoms with van der Waals surface area (Å²) in [6, 6.07) is 47.2. The van der Waals surface area contributed by atoms with Gasteiger partial charge in [-0.2, -0.15) is 145 Å². The zero-order chi connectivity index (χ0) is 17.4. The van der Waals surface area contributed by atoms with E-state index in [9.17, 15) is 0 Å². The number of hydrogen-bond donors (Lipinski definition) is 0. The van der Waals surface area contributed by atoms with E-state index in [1.54, 1.807) is 0 Å². The normalized spacial score (nSPS) is 8.00. The van der Waals surface area contributed by atoms with Gasteiger partial charge in [-0.25, -0.2) is 0 Å². The quantitative estimate of drug-likeness (QED) is 0.223.